The van der Waals surface area contributed by atoms with Crippen LogP contribution in [0.1, 0.15) is 29.6 Å². The van der Waals surface area contributed by atoms with Crippen molar-refractivity contribution in [2.75, 3.05) is 13.2 Å². The van der Waals surface area contributed by atoms with Crippen molar-refractivity contribution in [3.63, 3.8) is 0 Å². The Balaban J connectivity index is 1.52. The number of ketones is 1. The van der Waals surface area contributed by atoms with Gasteiger partial charge in [0.2, 0.25) is 0 Å². The molecule has 0 N–H and O–H groups in total. The maximum atomic E-state index is 12.2. The highest BCUT2D eigenvalue weighted by atomic mass is 16.7. The summed E-state index contributed by atoms with van der Waals surface area (Å²) in [5.74, 6) is 1.58. The normalized spacial score (nSPS) is 15.3. The maximum absolute atomic E-state index is 12.2. The van der Waals surface area contributed by atoms with Gasteiger partial charge in [-0.25, -0.2) is 0 Å². The summed E-state index contributed by atoms with van der Waals surface area (Å²) in [5, 5.41) is 0. The van der Waals surface area contributed by atoms with Gasteiger partial charge in [0.05, 0.1) is 13.2 Å². The SMILES string of the molecule is O=C(CCC1OCCCO1)c1ccc(Oc2ccccc2)cc1. The first-order chi connectivity index (χ1) is 11.3. The minimum absolute atomic E-state index is 0.0917. The van der Waals surface area contributed by atoms with Gasteiger partial charge in [-0.1, -0.05) is 18.2 Å². The van der Waals surface area contributed by atoms with E-state index in [-0.39, 0.29) is 12.1 Å². The molecular weight excluding hydrogens is 292 g/mol. The maximum Gasteiger partial charge on any atom is 0.163 e. The van der Waals surface area contributed by atoms with Crippen molar-refractivity contribution in [3.8, 4) is 11.5 Å². The number of Topliss-reactive ketones (excluding diaryl/α,β-unsaturated/α-hetero) is 1. The van der Waals surface area contributed by atoms with Crippen LogP contribution in [-0.2, 0) is 9.47 Å². The number of carbonyl (C=O) groups excluding carboxylic acids is 1. The minimum Gasteiger partial charge on any atom is -0.457 e. The van der Waals surface area contributed by atoms with Crippen molar-refractivity contribution in [2.24, 2.45) is 0 Å². The van der Waals surface area contributed by atoms with Crippen LogP contribution < -0.4 is 4.74 Å². The molecule has 0 radical (unpaired) electrons. The molecule has 2 aromatic rings. The fourth-order valence-electron chi connectivity index (χ4n) is 2.43. The first kappa shape index (κ1) is 15.7. The van der Waals surface area contributed by atoms with Gasteiger partial charge in [0.15, 0.2) is 12.1 Å². The van der Waals surface area contributed by atoms with Gasteiger partial charge in [-0.15, -0.1) is 0 Å². The Morgan fingerprint density at radius 3 is 2.30 bits per heavy atom. The van der Waals surface area contributed by atoms with Gasteiger partial charge in [-0.3, -0.25) is 4.79 Å². The lowest BCUT2D eigenvalue weighted by Gasteiger charge is -2.22. The van der Waals surface area contributed by atoms with Gasteiger partial charge in [0, 0.05) is 18.4 Å². The number of para-hydroxylation sites is 1. The van der Waals surface area contributed by atoms with Crippen LogP contribution in [0.3, 0.4) is 0 Å². The summed E-state index contributed by atoms with van der Waals surface area (Å²) in [5.41, 5.74) is 0.682. The Bertz CT molecular complexity index is 616. The third-order valence-electron chi connectivity index (χ3n) is 3.66. The first-order valence-electron chi connectivity index (χ1n) is 7.90. The summed E-state index contributed by atoms with van der Waals surface area (Å²) >= 11 is 0. The molecule has 2 aromatic carbocycles. The second-order valence-electron chi connectivity index (χ2n) is 5.43. The molecule has 1 fully saturated rings. The molecule has 120 valence electrons. The largest absolute Gasteiger partial charge is 0.457 e. The third kappa shape index (κ3) is 4.65. The Kier molecular flexibility index (Phi) is 5.40. The van der Waals surface area contributed by atoms with Gasteiger partial charge in [0.1, 0.15) is 11.5 Å². The van der Waals surface area contributed by atoms with Gasteiger partial charge >= 0.3 is 0 Å². The number of hydrogen-bond donors (Lipinski definition) is 0. The van der Waals surface area contributed by atoms with Crippen molar-refractivity contribution in [2.45, 2.75) is 25.6 Å². The molecule has 0 atom stereocenters. The quantitative estimate of drug-likeness (QED) is 0.750. The van der Waals surface area contributed by atoms with E-state index in [1.807, 2.05) is 42.5 Å². The van der Waals surface area contributed by atoms with Crippen molar-refractivity contribution in [3.05, 3.63) is 60.2 Å². The Morgan fingerprint density at radius 2 is 1.61 bits per heavy atom. The molecular formula is C19H20O4. The lowest BCUT2D eigenvalue weighted by Crippen LogP contribution is -2.25. The van der Waals surface area contributed by atoms with Gasteiger partial charge in [0.25, 0.3) is 0 Å². The fraction of sp³-hybridized carbons (Fsp3) is 0.316. The second-order valence-corrected chi connectivity index (χ2v) is 5.43. The smallest absolute Gasteiger partial charge is 0.163 e. The number of benzene rings is 2. The molecule has 4 nitrogen and oxygen atoms in total. The van der Waals surface area contributed by atoms with Gasteiger partial charge in [-0.2, -0.15) is 0 Å². The lowest BCUT2D eigenvalue weighted by molar-refractivity contribution is -0.180. The summed E-state index contributed by atoms with van der Waals surface area (Å²) in [4.78, 5) is 12.2. The summed E-state index contributed by atoms with van der Waals surface area (Å²) in [6, 6.07) is 16.8. The topological polar surface area (TPSA) is 44.8 Å². The van der Waals surface area contributed by atoms with E-state index < -0.39 is 0 Å². The molecule has 0 spiro atoms. The van der Waals surface area contributed by atoms with Crippen LogP contribution in [0.25, 0.3) is 0 Å². The van der Waals surface area contributed by atoms with Crippen molar-refractivity contribution in [1.82, 2.24) is 0 Å². The number of hydrogen-bond acceptors (Lipinski definition) is 4. The molecule has 1 aliphatic rings. The summed E-state index contributed by atoms with van der Waals surface area (Å²) in [6.07, 6.45) is 1.70. The standard InChI is InChI=1S/C19H20O4/c20-18(11-12-19-21-13-4-14-22-19)15-7-9-17(10-8-15)23-16-5-2-1-3-6-16/h1-3,5-10,19H,4,11-14H2. The molecule has 0 saturated carbocycles. The highest BCUT2D eigenvalue weighted by Crippen LogP contribution is 2.22. The number of rotatable bonds is 6. The first-order valence-corrected chi connectivity index (χ1v) is 7.90. The van der Waals surface area contributed by atoms with Crippen LogP contribution in [0.15, 0.2) is 54.6 Å². The molecule has 4 heteroatoms. The van der Waals surface area contributed by atoms with Crippen LogP contribution in [0.4, 0.5) is 0 Å². The molecule has 1 heterocycles. The third-order valence-corrected chi connectivity index (χ3v) is 3.66. The summed E-state index contributed by atoms with van der Waals surface area (Å²) in [6.45, 7) is 1.43. The monoisotopic (exact) mass is 312 g/mol. The van der Waals surface area contributed by atoms with Gasteiger partial charge < -0.3 is 14.2 Å². The molecule has 3 rings (SSSR count). The Morgan fingerprint density at radius 1 is 0.957 bits per heavy atom. The molecule has 0 amide bonds. The zero-order valence-corrected chi connectivity index (χ0v) is 12.9. The average Bonchev–Trinajstić information content (AvgIpc) is 2.62. The molecule has 0 unspecified atom stereocenters. The molecule has 0 bridgehead atoms. The number of carbonyl (C=O) groups is 1. The van der Waals surface area contributed by atoms with E-state index >= 15 is 0 Å². The van der Waals surface area contributed by atoms with E-state index in [0.29, 0.717) is 37.4 Å². The zero-order chi connectivity index (χ0) is 15.9. The molecule has 0 aliphatic carbocycles. The highest BCUT2D eigenvalue weighted by Gasteiger charge is 2.16. The molecule has 0 aromatic heterocycles. The van der Waals surface area contributed by atoms with Crippen LogP contribution >= 0.6 is 0 Å². The van der Waals surface area contributed by atoms with Crippen molar-refractivity contribution < 1.29 is 19.0 Å². The van der Waals surface area contributed by atoms with E-state index in [2.05, 4.69) is 0 Å². The van der Waals surface area contributed by atoms with E-state index in [0.717, 1.165) is 12.2 Å². The van der Waals surface area contributed by atoms with E-state index in [9.17, 15) is 4.79 Å². The van der Waals surface area contributed by atoms with Crippen LogP contribution in [0.5, 0.6) is 11.5 Å². The Hall–Kier alpha value is -2.17. The second kappa shape index (κ2) is 7.90. The summed E-state index contributed by atoms with van der Waals surface area (Å²) in [7, 11) is 0. The van der Waals surface area contributed by atoms with E-state index in [1.54, 1.807) is 12.1 Å². The predicted molar refractivity (Wildman–Crippen MR) is 86.8 cm³/mol. The summed E-state index contributed by atoms with van der Waals surface area (Å²) < 4.78 is 16.6. The minimum atomic E-state index is -0.242. The predicted octanol–water partition coefficient (Wildman–Crippen LogP) is 4.20. The van der Waals surface area contributed by atoms with Crippen molar-refractivity contribution >= 4 is 5.78 Å². The molecule has 1 saturated heterocycles. The fourth-order valence-corrected chi connectivity index (χ4v) is 2.43. The molecule has 23 heavy (non-hydrogen) atoms. The zero-order valence-electron chi connectivity index (χ0n) is 12.9. The number of ether oxygens (including phenoxy) is 3. The molecule has 1 aliphatic heterocycles. The van der Waals surface area contributed by atoms with Crippen molar-refractivity contribution in [1.29, 1.82) is 0 Å². The average molecular weight is 312 g/mol. The van der Waals surface area contributed by atoms with E-state index in [1.165, 1.54) is 0 Å². The van der Waals surface area contributed by atoms with Crippen LogP contribution in [0.2, 0.25) is 0 Å². The highest BCUT2D eigenvalue weighted by molar-refractivity contribution is 5.96. The van der Waals surface area contributed by atoms with Crippen LogP contribution in [0, 0.1) is 0 Å². The Labute approximate surface area is 136 Å². The van der Waals surface area contributed by atoms with E-state index in [4.69, 9.17) is 14.2 Å². The van der Waals surface area contributed by atoms with Gasteiger partial charge in [-0.05, 0) is 42.8 Å². The van der Waals surface area contributed by atoms with Crippen LogP contribution in [-0.4, -0.2) is 25.3 Å². The lowest BCUT2D eigenvalue weighted by atomic mass is 10.1.